The highest BCUT2D eigenvalue weighted by Crippen LogP contribution is 2.31. The van der Waals surface area contributed by atoms with Crippen molar-refractivity contribution >= 4 is 29.9 Å². The van der Waals surface area contributed by atoms with Gasteiger partial charge in [-0.25, -0.2) is 4.98 Å². The molecule has 0 spiro atoms. The van der Waals surface area contributed by atoms with Crippen LogP contribution in [0.15, 0.2) is 23.3 Å². The molecule has 152 valence electrons. The molecule has 0 bridgehead atoms. The van der Waals surface area contributed by atoms with E-state index in [0.717, 1.165) is 50.0 Å². The van der Waals surface area contributed by atoms with E-state index in [1.807, 2.05) is 18.3 Å². The number of rotatable bonds is 9. The second-order valence-electron chi connectivity index (χ2n) is 7.31. The summed E-state index contributed by atoms with van der Waals surface area (Å²) in [5, 5.41) is 16.0. The lowest BCUT2D eigenvalue weighted by Gasteiger charge is -2.27. The van der Waals surface area contributed by atoms with Gasteiger partial charge in [0.2, 0.25) is 5.88 Å². The van der Waals surface area contributed by atoms with Crippen LogP contribution in [0.3, 0.4) is 0 Å². The number of aliphatic imine (C=N–C) groups is 1. The van der Waals surface area contributed by atoms with Gasteiger partial charge in [-0.1, -0.05) is 6.07 Å². The molecular weight excluding hydrogens is 459 g/mol. The molecule has 0 aromatic carbocycles. The summed E-state index contributed by atoms with van der Waals surface area (Å²) in [6.45, 7) is 3.77. The van der Waals surface area contributed by atoms with Gasteiger partial charge in [-0.2, -0.15) is 0 Å². The van der Waals surface area contributed by atoms with Crippen molar-refractivity contribution in [3.8, 4) is 5.88 Å². The van der Waals surface area contributed by atoms with E-state index in [1.54, 1.807) is 7.05 Å². The molecule has 0 radical (unpaired) electrons. The number of aromatic nitrogens is 1. The topological polar surface area (TPSA) is 88.0 Å². The summed E-state index contributed by atoms with van der Waals surface area (Å²) in [6.07, 6.45) is 6.09. The van der Waals surface area contributed by atoms with Crippen molar-refractivity contribution in [2.75, 3.05) is 40.0 Å². The third-order valence-corrected chi connectivity index (χ3v) is 5.10. The van der Waals surface area contributed by atoms with Crippen molar-refractivity contribution in [1.82, 2.24) is 15.6 Å². The molecule has 1 unspecified atom stereocenters. The number of hydrogen-bond donors (Lipinski definition) is 3. The van der Waals surface area contributed by atoms with E-state index < -0.39 is 0 Å². The van der Waals surface area contributed by atoms with E-state index in [1.165, 1.54) is 12.8 Å². The van der Waals surface area contributed by atoms with Crippen LogP contribution in [0.1, 0.15) is 31.2 Å². The van der Waals surface area contributed by atoms with E-state index >= 15 is 0 Å². The summed E-state index contributed by atoms with van der Waals surface area (Å²) < 4.78 is 11.2. The van der Waals surface area contributed by atoms with Crippen LogP contribution in [-0.2, 0) is 11.3 Å². The Balaban J connectivity index is 0.00000261. The number of guanidine groups is 1. The highest BCUT2D eigenvalue weighted by molar-refractivity contribution is 14.0. The molecule has 7 nitrogen and oxygen atoms in total. The number of aliphatic hydroxyl groups excluding tert-OH is 1. The number of halogens is 1. The predicted octanol–water partition coefficient (Wildman–Crippen LogP) is 1.94. The van der Waals surface area contributed by atoms with Gasteiger partial charge in [-0.15, -0.1) is 24.0 Å². The summed E-state index contributed by atoms with van der Waals surface area (Å²) in [5.74, 6) is 2.16. The van der Waals surface area contributed by atoms with Crippen LogP contribution < -0.4 is 15.4 Å². The van der Waals surface area contributed by atoms with Gasteiger partial charge in [-0.3, -0.25) is 4.99 Å². The first kappa shape index (κ1) is 22.2. The van der Waals surface area contributed by atoms with E-state index in [9.17, 15) is 5.11 Å². The monoisotopic (exact) mass is 490 g/mol. The smallest absolute Gasteiger partial charge is 0.213 e. The summed E-state index contributed by atoms with van der Waals surface area (Å²) in [5.41, 5.74) is 1.06. The van der Waals surface area contributed by atoms with Crippen LogP contribution in [0.2, 0.25) is 0 Å². The molecule has 1 aromatic rings. The van der Waals surface area contributed by atoms with Gasteiger partial charge in [0.1, 0.15) is 0 Å². The second-order valence-corrected chi connectivity index (χ2v) is 7.31. The molecular formula is C19H31IN4O3. The van der Waals surface area contributed by atoms with Gasteiger partial charge in [-0.05, 0) is 37.2 Å². The normalized spacial score (nSPS) is 22.2. The zero-order chi connectivity index (χ0) is 18.2. The molecule has 1 aliphatic carbocycles. The lowest BCUT2D eigenvalue weighted by molar-refractivity contribution is 0.127. The van der Waals surface area contributed by atoms with Crippen molar-refractivity contribution in [3.05, 3.63) is 23.9 Å². The molecule has 27 heavy (non-hydrogen) atoms. The largest absolute Gasteiger partial charge is 0.477 e. The molecule has 1 saturated carbocycles. The Bertz CT molecular complexity index is 587. The number of aliphatic hydroxyl groups is 1. The highest BCUT2D eigenvalue weighted by atomic mass is 127. The maximum atomic E-state index is 9.31. The molecule has 3 N–H and O–H groups in total. The van der Waals surface area contributed by atoms with Crippen LogP contribution >= 0.6 is 24.0 Å². The number of nitrogens with one attached hydrogen (secondary N) is 2. The maximum absolute atomic E-state index is 9.31. The maximum Gasteiger partial charge on any atom is 0.213 e. The van der Waals surface area contributed by atoms with E-state index in [-0.39, 0.29) is 36.0 Å². The third-order valence-electron chi connectivity index (χ3n) is 5.10. The first-order valence-corrected chi connectivity index (χ1v) is 9.44. The van der Waals surface area contributed by atoms with Crippen molar-refractivity contribution in [2.45, 2.75) is 32.2 Å². The molecule has 2 aliphatic rings. The van der Waals surface area contributed by atoms with Gasteiger partial charge < -0.3 is 25.2 Å². The van der Waals surface area contributed by atoms with Crippen molar-refractivity contribution in [1.29, 1.82) is 0 Å². The number of pyridine rings is 1. The van der Waals surface area contributed by atoms with Crippen molar-refractivity contribution < 1.29 is 14.6 Å². The zero-order valence-electron chi connectivity index (χ0n) is 15.9. The Labute approximate surface area is 178 Å². The zero-order valence-corrected chi connectivity index (χ0v) is 18.3. The third kappa shape index (κ3) is 7.08. The highest BCUT2D eigenvalue weighted by Gasteiger charge is 2.34. The molecule has 3 rings (SSSR count). The Kier molecular flexibility index (Phi) is 9.04. The molecule has 0 amide bonds. The SMILES string of the molecule is CN=C(NCc1ccc(OCC2CC2)nc1)NCC1(CCO)CCOC1.I. The van der Waals surface area contributed by atoms with Crippen molar-refractivity contribution in [2.24, 2.45) is 16.3 Å². The molecule has 1 saturated heterocycles. The predicted molar refractivity (Wildman–Crippen MR) is 116 cm³/mol. The van der Waals surface area contributed by atoms with Crippen molar-refractivity contribution in [3.63, 3.8) is 0 Å². The lowest BCUT2D eigenvalue weighted by atomic mass is 9.84. The summed E-state index contributed by atoms with van der Waals surface area (Å²) in [4.78, 5) is 8.63. The Hall–Kier alpha value is -1.13. The minimum Gasteiger partial charge on any atom is -0.477 e. The molecule has 2 heterocycles. The fourth-order valence-corrected chi connectivity index (χ4v) is 3.08. The minimum atomic E-state index is -0.00549. The average molecular weight is 490 g/mol. The Morgan fingerprint density at radius 2 is 2.26 bits per heavy atom. The first-order chi connectivity index (χ1) is 12.7. The van der Waals surface area contributed by atoms with Gasteiger partial charge in [0.25, 0.3) is 0 Å². The average Bonchev–Trinajstić information content (AvgIpc) is 3.39. The number of nitrogens with zero attached hydrogens (tertiary/aromatic N) is 2. The molecule has 8 heteroatoms. The van der Waals surface area contributed by atoms with Crippen LogP contribution in [0.25, 0.3) is 0 Å². The van der Waals surface area contributed by atoms with Crippen LogP contribution in [0.4, 0.5) is 0 Å². The summed E-state index contributed by atoms with van der Waals surface area (Å²) in [7, 11) is 1.76. The fraction of sp³-hybridized carbons (Fsp3) is 0.684. The van der Waals surface area contributed by atoms with E-state index in [4.69, 9.17) is 9.47 Å². The van der Waals surface area contributed by atoms with Gasteiger partial charge >= 0.3 is 0 Å². The molecule has 1 aliphatic heterocycles. The lowest BCUT2D eigenvalue weighted by Crippen LogP contribution is -2.44. The first-order valence-electron chi connectivity index (χ1n) is 9.44. The Morgan fingerprint density at radius 1 is 1.41 bits per heavy atom. The van der Waals surface area contributed by atoms with Gasteiger partial charge in [0.15, 0.2) is 5.96 Å². The molecule has 1 aromatic heterocycles. The quantitative estimate of drug-likeness (QED) is 0.279. The van der Waals surface area contributed by atoms with Crippen LogP contribution in [-0.4, -0.2) is 56.1 Å². The second kappa shape index (κ2) is 11.0. The molecule has 2 fully saturated rings. The van der Waals surface area contributed by atoms with Gasteiger partial charge in [0, 0.05) is 51.0 Å². The summed E-state index contributed by atoms with van der Waals surface area (Å²) >= 11 is 0. The Morgan fingerprint density at radius 3 is 2.85 bits per heavy atom. The molecule has 1 atom stereocenters. The summed E-state index contributed by atoms with van der Waals surface area (Å²) in [6, 6.07) is 3.94. The fourth-order valence-electron chi connectivity index (χ4n) is 3.08. The standard InChI is InChI=1S/C19H30N4O3.HI/c1-20-18(23-13-19(6-8-24)7-9-25-14-19)22-11-16-4-5-17(21-10-16)26-12-15-2-3-15;/h4-5,10,15,24H,2-3,6-9,11-14H2,1H3,(H2,20,22,23);1H. The minimum absolute atomic E-state index is 0. The van der Waals surface area contributed by atoms with Gasteiger partial charge in [0.05, 0.1) is 13.2 Å². The van der Waals surface area contributed by atoms with E-state index in [2.05, 4.69) is 20.6 Å². The number of ether oxygens (including phenoxy) is 2. The van der Waals surface area contributed by atoms with E-state index in [0.29, 0.717) is 19.0 Å². The number of hydrogen-bond acceptors (Lipinski definition) is 5. The van der Waals surface area contributed by atoms with Crippen LogP contribution in [0, 0.1) is 11.3 Å². The van der Waals surface area contributed by atoms with Crippen LogP contribution in [0.5, 0.6) is 5.88 Å².